The van der Waals surface area contributed by atoms with E-state index in [4.69, 9.17) is 5.26 Å². The minimum absolute atomic E-state index is 0.158. The smallest absolute Gasteiger partial charge is 0.239 e. The Balaban J connectivity index is 2.52. The van der Waals surface area contributed by atoms with Crippen molar-refractivity contribution in [3.8, 4) is 6.07 Å². The lowest BCUT2D eigenvalue weighted by molar-refractivity contribution is -0.119. The molecule has 0 saturated carbocycles. The average molecular weight is 257 g/mol. The Kier molecular flexibility index (Phi) is 4.99. The van der Waals surface area contributed by atoms with Crippen molar-refractivity contribution < 1.29 is 18.0 Å². The molecule has 7 heteroatoms. The number of amides is 1. The molecular weight excluding hydrogens is 247 g/mol. The molecule has 2 N–H and O–H groups in total. The van der Waals surface area contributed by atoms with E-state index in [-0.39, 0.29) is 25.2 Å². The highest BCUT2D eigenvalue weighted by Crippen LogP contribution is 2.19. The van der Waals surface area contributed by atoms with E-state index >= 15 is 0 Å². The number of rotatable bonds is 5. The predicted octanol–water partition coefficient (Wildman–Crippen LogP) is 1.55. The summed E-state index contributed by atoms with van der Waals surface area (Å²) < 4.78 is 38.6. The summed E-state index contributed by atoms with van der Waals surface area (Å²) in [5.41, 5.74) is -0.302. The Hall–Kier alpha value is -2.23. The van der Waals surface area contributed by atoms with Gasteiger partial charge in [0.2, 0.25) is 5.91 Å². The van der Waals surface area contributed by atoms with Crippen LogP contribution in [0, 0.1) is 28.8 Å². The molecule has 96 valence electrons. The monoisotopic (exact) mass is 257 g/mol. The van der Waals surface area contributed by atoms with E-state index in [2.05, 4.69) is 10.6 Å². The van der Waals surface area contributed by atoms with Crippen molar-refractivity contribution in [2.75, 3.05) is 18.4 Å². The number of nitriles is 1. The molecule has 0 aliphatic carbocycles. The first-order valence-corrected chi connectivity index (χ1v) is 5.07. The van der Waals surface area contributed by atoms with Crippen LogP contribution in [0.25, 0.3) is 0 Å². The number of nitrogens with one attached hydrogen (secondary N) is 2. The van der Waals surface area contributed by atoms with Gasteiger partial charge in [-0.2, -0.15) is 5.26 Å². The van der Waals surface area contributed by atoms with Crippen LogP contribution in [0.3, 0.4) is 0 Å². The van der Waals surface area contributed by atoms with Gasteiger partial charge in [-0.25, -0.2) is 13.2 Å². The number of nitrogens with zero attached hydrogens (tertiary/aromatic N) is 1. The van der Waals surface area contributed by atoms with Crippen molar-refractivity contribution >= 4 is 11.6 Å². The van der Waals surface area contributed by atoms with E-state index in [1.165, 1.54) is 0 Å². The van der Waals surface area contributed by atoms with Crippen LogP contribution < -0.4 is 10.6 Å². The summed E-state index contributed by atoms with van der Waals surface area (Å²) in [6.07, 6.45) is 0.158. The molecule has 0 aliphatic heterocycles. The minimum atomic E-state index is -1.59. The number of halogens is 3. The molecule has 1 rings (SSSR count). The van der Waals surface area contributed by atoms with Crippen LogP contribution in [0.4, 0.5) is 18.9 Å². The summed E-state index contributed by atoms with van der Waals surface area (Å²) in [7, 11) is 0. The van der Waals surface area contributed by atoms with Crippen LogP contribution in [0.1, 0.15) is 6.42 Å². The number of carbonyl (C=O) groups excluding carboxylic acids is 1. The van der Waals surface area contributed by atoms with Gasteiger partial charge in [-0.05, 0) is 12.1 Å². The Morgan fingerprint density at radius 3 is 2.67 bits per heavy atom. The molecule has 0 aromatic heterocycles. The topological polar surface area (TPSA) is 64.9 Å². The molecule has 0 aliphatic rings. The molecule has 1 aromatic carbocycles. The minimum Gasteiger partial charge on any atom is -0.374 e. The first-order chi connectivity index (χ1) is 8.56. The van der Waals surface area contributed by atoms with E-state index < -0.39 is 23.4 Å². The van der Waals surface area contributed by atoms with E-state index in [1.54, 1.807) is 0 Å². The molecule has 0 unspecified atom stereocenters. The predicted molar refractivity (Wildman–Crippen MR) is 58.0 cm³/mol. The molecule has 0 fully saturated rings. The maximum absolute atomic E-state index is 13.2. The Bertz CT molecular complexity index is 485. The lowest BCUT2D eigenvalue weighted by atomic mass is 10.3. The SMILES string of the molecule is N#CCCNC(=O)CNc1ccc(F)c(F)c1F. The van der Waals surface area contributed by atoms with E-state index in [1.807, 2.05) is 6.07 Å². The van der Waals surface area contributed by atoms with Crippen LogP contribution in [-0.2, 0) is 4.79 Å². The lowest BCUT2D eigenvalue weighted by Gasteiger charge is -2.08. The number of benzene rings is 1. The molecule has 0 radical (unpaired) electrons. The van der Waals surface area contributed by atoms with Gasteiger partial charge in [0.1, 0.15) is 0 Å². The summed E-state index contributed by atoms with van der Waals surface area (Å²) in [4.78, 5) is 11.2. The van der Waals surface area contributed by atoms with Crippen molar-refractivity contribution in [1.29, 1.82) is 5.26 Å². The van der Waals surface area contributed by atoms with Crippen molar-refractivity contribution in [2.45, 2.75) is 6.42 Å². The van der Waals surface area contributed by atoms with Crippen LogP contribution in [0.2, 0.25) is 0 Å². The quantitative estimate of drug-likeness (QED) is 0.621. The second-order valence-corrected chi connectivity index (χ2v) is 3.33. The Morgan fingerprint density at radius 1 is 1.28 bits per heavy atom. The fourth-order valence-corrected chi connectivity index (χ4v) is 1.16. The third-order valence-electron chi connectivity index (χ3n) is 2.03. The first-order valence-electron chi connectivity index (χ1n) is 5.07. The van der Waals surface area contributed by atoms with Gasteiger partial charge in [0.05, 0.1) is 24.7 Å². The molecule has 0 heterocycles. The highest BCUT2D eigenvalue weighted by Gasteiger charge is 2.13. The molecule has 0 saturated heterocycles. The Morgan fingerprint density at radius 2 is 2.00 bits per heavy atom. The van der Waals surface area contributed by atoms with Crippen LogP contribution in [-0.4, -0.2) is 19.0 Å². The molecule has 0 atom stereocenters. The van der Waals surface area contributed by atoms with E-state index in [0.29, 0.717) is 0 Å². The fraction of sp³-hybridized carbons (Fsp3) is 0.273. The number of hydrogen-bond donors (Lipinski definition) is 2. The van der Waals surface area contributed by atoms with Gasteiger partial charge < -0.3 is 10.6 Å². The van der Waals surface area contributed by atoms with Crippen LogP contribution in [0.15, 0.2) is 12.1 Å². The van der Waals surface area contributed by atoms with Gasteiger partial charge in [-0.3, -0.25) is 4.79 Å². The first kappa shape index (κ1) is 13.8. The molecule has 0 spiro atoms. The van der Waals surface area contributed by atoms with Gasteiger partial charge in [0, 0.05) is 6.54 Å². The van der Waals surface area contributed by atoms with Crippen molar-refractivity contribution in [3.63, 3.8) is 0 Å². The second kappa shape index (κ2) is 6.49. The molecule has 4 nitrogen and oxygen atoms in total. The average Bonchev–Trinajstić information content (AvgIpc) is 2.35. The van der Waals surface area contributed by atoms with E-state index in [9.17, 15) is 18.0 Å². The molecule has 18 heavy (non-hydrogen) atoms. The summed E-state index contributed by atoms with van der Waals surface area (Å²) in [5.74, 6) is -4.74. The third kappa shape index (κ3) is 3.66. The highest BCUT2D eigenvalue weighted by molar-refractivity contribution is 5.80. The molecular formula is C11H10F3N3O. The standard InChI is InChI=1S/C11H10F3N3O/c12-7-2-3-8(11(14)10(7)13)17-6-9(18)16-5-1-4-15/h2-3,17H,1,5-6H2,(H,16,18). The summed E-state index contributed by atoms with van der Waals surface area (Å²) in [6.45, 7) is -0.120. The van der Waals surface area contributed by atoms with Gasteiger partial charge in [-0.1, -0.05) is 0 Å². The number of hydrogen-bond acceptors (Lipinski definition) is 3. The summed E-state index contributed by atoms with van der Waals surface area (Å²) >= 11 is 0. The molecule has 1 aromatic rings. The van der Waals surface area contributed by atoms with Gasteiger partial charge in [0.25, 0.3) is 0 Å². The maximum atomic E-state index is 13.2. The molecule has 0 bridgehead atoms. The highest BCUT2D eigenvalue weighted by atomic mass is 19.2. The van der Waals surface area contributed by atoms with Crippen LogP contribution in [0.5, 0.6) is 0 Å². The maximum Gasteiger partial charge on any atom is 0.239 e. The number of carbonyl (C=O) groups is 1. The van der Waals surface area contributed by atoms with Gasteiger partial charge in [0.15, 0.2) is 17.5 Å². The summed E-state index contributed by atoms with van der Waals surface area (Å²) in [5, 5.41) is 13.0. The number of anilines is 1. The zero-order chi connectivity index (χ0) is 13.5. The van der Waals surface area contributed by atoms with E-state index in [0.717, 1.165) is 12.1 Å². The zero-order valence-corrected chi connectivity index (χ0v) is 9.27. The van der Waals surface area contributed by atoms with Crippen molar-refractivity contribution in [3.05, 3.63) is 29.6 Å². The van der Waals surface area contributed by atoms with Crippen molar-refractivity contribution in [1.82, 2.24) is 5.32 Å². The third-order valence-corrected chi connectivity index (χ3v) is 2.03. The van der Waals surface area contributed by atoms with Gasteiger partial charge >= 0.3 is 0 Å². The second-order valence-electron chi connectivity index (χ2n) is 3.33. The fourth-order valence-electron chi connectivity index (χ4n) is 1.16. The Labute approximate surface area is 101 Å². The largest absolute Gasteiger partial charge is 0.374 e. The van der Waals surface area contributed by atoms with Crippen molar-refractivity contribution in [2.24, 2.45) is 0 Å². The summed E-state index contributed by atoms with van der Waals surface area (Å²) in [6, 6.07) is 3.59. The zero-order valence-electron chi connectivity index (χ0n) is 9.27. The van der Waals surface area contributed by atoms with Gasteiger partial charge in [-0.15, -0.1) is 0 Å². The lowest BCUT2D eigenvalue weighted by Crippen LogP contribution is -2.30. The normalized spacial score (nSPS) is 9.67. The van der Waals surface area contributed by atoms with Crippen LogP contribution >= 0.6 is 0 Å². The molecule has 1 amide bonds.